The predicted octanol–water partition coefficient (Wildman–Crippen LogP) is 2.90. The van der Waals surface area contributed by atoms with Crippen LogP contribution in [0.4, 0.5) is 4.79 Å². The van der Waals surface area contributed by atoms with E-state index in [0.717, 1.165) is 44.3 Å². The van der Waals surface area contributed by atoms with Crippen molar-refractivity contribution in [2.75, 3.05) is 32.8 Å². The molecule has 8 heteroatoms. The molecule has 2 aliphatic heterocycles. The Morgan fingerprint density at radius 1 is 1.06 bits per heavy atom. The molecule has 8 nitrogen and oxygen atoms in total. The largest absolute Gasteiger partial charge is 0.444 e. The van der Waals surface area contributed by atoms with Gasteiger partial charge in [0.25, 0.3) is 0 Å². The standard InChI is InChI=1S/C26H39N3O5/c1-26(2,3)34-25(32)28-22(17-19-7-5-4-6-8-19)23(30)27-18-20-9-13-29(14-10-20)24(31)21-11-15-33-16-12-21/h4-8,20-22H,9-18H2,1-3H3,(H,27,30)(H,28,32)/t22-/m1/s1. The van der Waals surface area contributed by atoms with Crippen LogP contribution in [-0.2, 0) is 25.5 Å². The van der Waals surface area contributed by atoms with Crippen molar-refractivity contribution in [1.82, 2.24) is 15.5 Å². The highest BCUT2D eigenvalue weighted by molar-refractivity contribution is 5.86. The summed E-state index contributed by atoms with van der Waals surface area (Å²) >= 11 is 0. The molecule has 2 aliphatic rings. The summed E-state index contributed by atoms with van der Waals surface area (Å²) in [7, 11) is 0. The van der Waals surface area contributed by atoms with Crippen molar-refractivity contribution in [3.05, 3.63) is 35.9 Å². The average molecular weight is 474 g/mol. The molecule has 0 spiro atoms. The summed E-state index contributed by atoms with van der Waals surface area (Å²) in [6, 6.07) is 8.87. The maximum atomic E-state index is 13.0. The lowest BCUT2D eigenvalue weighted by Gasteiger charge is -2.35. The number of hydrogen-bond donors (Lipinski definition) is 2. The maximum Gasteiger partial charge on any atom is 0.408 e. The lowest BCUT2D eigenvalue weighted by atomic mass is 9.93. The van der Waals surface area contributed by atoms with Gasteiger partial charge in [0, 0.05) is 45.2 Å². The fourth-order valence-electron chi connectivity index (χ4n) is 4.44. The number of ether oxygens (including phenoxy) is 2. The number of piperidine rings is 1. The van der Waals surface area contributed by atoms with Crippen LogP contribution in [0.1, 0.15) is 52.0 Å². The third kappa shape index (κ3) is 8.31. The second-order valence-electron chi connectivity index (χ2n) is 10.3. The zero-order valence-corrected chi connectivity index (χ0v) is 20.7. The Morgan fingerprint density at radius 3 is 2.32 bits per heavy atom. The third-order valence-corrected chi connectivity index (χ3v) is 6.35. The SMILES string of the molecule is CC(C)(C)OC(=O)N[C@H](Cc1ccccc1)C(=O)NCC1CCN(C(=O)C2CCOCC2)CC1. The van der Waals surface area contributed by atoms with Gasteiger partial charge in [-0.2, -0.15) is 0 Å². The minimum absolute atomic E-state index is 0.0858. The van der Waals surface area contributed by atoms with E-state index in [0.29, 0.717) is 32.1 Å². The number of benzene rings is 1. The van der Waals surface area contributed by atoms with Gasteiger partial charge in [-0.1, -0.05) is 30.3 Å². The van der Waals surface area contributed by atoms with Crippen molar-refractivity contribution in [2.24, 2.45) is 11.8 Å². The van der Waals surface area contributed by atoms with Crippen LogP contribution in [0, 0.1) is 11.8 Å². The van der Waals surface area contributed by atoms with Crippen LogP contribution in [0.15, 0.2) is 30.3 Å². The van der Waals surface area contributed by atoms with Crippen LogP contribution in [0.25, 0.3) is 0 Å². The molecule has 0 radical (unpaired) electrons. The summed E-state index contributed by atoms with van der Waals surface area (Å²) in [6.45, 7) is 8.68. The molecular weight excluding hydrogens is 434 g/mol. The molecule has 0 saturated carbocycles. The number of nitrogens with one attached hydrogen (secondary N) is 2. The summed E-state index contributed by atoms with van der Waals surface area (Å²) in [6.07, 6.45) is 3.11. The third-order valence-electron chi connectivity index (χ3n) is 6.35. The molecule has 34 heavy (non-hydrogen) atoms. The Morgan fingerprint density at radius 2 is 1.71 bits per heavy atom. The molecule has 188 valence electrons. The monoisotopic (exact) mass is 473 g/mol. The molecule has 2 saturated heterocycles. The molecule has 0 aliphatic carbocycles. The Balaban J connectivity index is 1.49. The highest BCUT2D eigenvalue weighted by Gasteiger charge is 2.30. The molecule has 2 N–H and O–H groups in total. The summed E-state index contributed by atoms with van der Waals surface area (Å²) < 4.78 is 10.7. The van der Waals surface area contributed by atoms with Crippen molar-refractivity contribution in [3.63, 3.8) is 0 Å². The van der Waals surface area contributed by atoms with E-state index in [1.165, 1.54) is 0 Å². The van der Waals surface area contributed by atoms with Crippen LogP contribution in [0.2, 0.25) is 0 Å². The maximum absolute atomic E-state index is 13.0. The smallest absolute Gasteiger partial charge is 0.408 e. The fourth-order valence-corrected chi connectivity index (χ4v) is 4.44. The molecule has 1 aromatic carbocycles. The van der Waals surface area contributed by atoms with Gasteiger partial charge in [0.15, 0.2) is 0 Å². The minimum Gasteiger partial charge on any atom is -0.444 e. The van der Waals surface area contributed by atoms with Crippen LogP contribution >= 0.6 is 0 Å². The molecule has 0 unspecified atom stereocenters. The van der Waals surface area contributed by atoms with Gasteiger partial charge in [0.05, 0.1) is 0 Å². The molecule has 0 bridgehead atoms. The first-order chi connectivity index (χ1) is 16.2. The molecule has 2 heterocycles. The van der Waals surface area contributed by atoms with Gasteiger partial charge in [0.2, 0.25) is 11.8 Å². The van der Waals surface area contributed by atoms with Crippen LogP contribution in [0.5, 0.6) is 0 Å². The summed E-state index contributed by atoms with van der Waals surface area (Å²) in [5.41, 5.74) is 0.312. The van der Waals surface area contributed by atoms with Crippen molar-refractivity contribution >= 4 is 17.9 Å². The molecule has 3 rings (SSSR count). The van der Waals surface area contributed by atoms with Gasteiger partial charge < -0.3 is 25.0 Å². The number of alkyl carbamates (subject to hydrolysis) is 1. The quantitative estimate of drug-likeness (QED) is 0.635. The van der Waals surface area contributed by atoms with Gasteiger partial charge in [-0.05, 0) is 57.9 Å². The minimum atomic E-state index is -0.729. The first-order valence-electron chi connectivity index (χ1n) is 12.4. The molecular formula is C26H39N3O5. The van der Waals surface area contributed by atoms with Crippen LogP contribution in [0.3, 0.4) is 0 Å². The summed E-state index contributed by atoms with van der Waals surface area (Å²) in [5.74, 6) is 0.412. The van der Waals surface area contributed by atoms with Crippen molar-refractivity contribution < 1.29 is 23.9 Å². The van der Waals surface area contributed by atoms with E-state index in [9.17, 15) is 14.4 Å². The zero-order chi connectivity index (χ0) is 24.6. The highest BCUT2D eigenvalue weighted by atomic mass is 16.6. The number of likely N-dealkylation sites (tertiary alicyclic amines) is 1. The number of nitrogens with zero attached hydrogens (tertiary/aromatic N) is 1. The normalized spacial score (nSPS) is 18.7. The summed E-state index contributed by atoms with van der Waals surface area (Å²) in [4.78, 5) is 40.1. The van der Waals surface area contributed by atoms with E-state index in [1.54, 1.807) is 20.8 Å². The lowest BCUT2D eigenvalue weighted by Crippen LogP contribution is -2.51. The van der Waals surface area contributed by atoms with Crippen molar-refractivity contribution in [3.8, 4) is 0 Å². The second kappa shape index (κ2) is 12.2. The fraction of sp³-hybridized carbons (Fsp3) is 0.654. The van der Waals surface area contributed by atoms with Crippen LogP contribution in [-0.4, -0.2) is 67.3 Å². The Labute approximate surface area is 202 Å². The molecule has 3 amide bonds. The van der Waals surface area contributed by atoms with Gasteiger partial charge in [-0.3, -0.25) is 9.59 Å². The molecule has 1 atom stereocenters. The van der Waals surface area contributed by atoms with Gasteiger partial charge >= 0.3 is 6.09 Å². The molecule has 2 fully saturated rings. The van der Waals surface area contributed by atoms with E-state index in [-0.39, 0.29) is 17.7 Å². The Hall–Kier alpha value is -2.61. The first kappa shape index (κ1) is 26.0. The average Bonchev–Trinajstić information content (AvgIpc) is 2.82. The zero-order valence-electron chi connectivity index (χ0n) is 20.7. The van der Waals surface area contributed by atoms with Gasteiger partial charge in [-0.15, -0.1) is 0 Å². The van der Waals surface area contributed by atoms with E-state index < -0.39 is 17.7 Å². The Kier molecular flexibility index (Phi) is 9.33. The number of hydrogen-bond acceptors (Lipinski definition) is 5. The first-order valence-corrected chi connectivity index (χ1v) is 12.4. The molecule has 1 aromatic rings. The number of amides is 3. The Bertz CT molecular complexity index is 809. The van der Waals surface area contributed by atoms with Crippen molar-refractivity contribution in [2.45, 2.75) is 64.5 Å². The van der Waals surface area contributed by atoms with Crippen LogP contribution < -0.4 is 10.6 Å². The topological polar surface area (TPSA) is 97.0 Å². The van der Waals surface area contributed by atoms with E-state index >= 15 is 0 Å². The second-order valence-corrected chi connectivity index (χ2v) is 10.3. The number of carbonyl (C=O) groups is 3. The predicted molar refractivity (Wildman–Crippen MR) is 129 cm³/mol. The van der Waals surface area contributed by atoms with E-state index in [2.05, 4.69) is 10.6 Å². The number of carbonyl (C=O) groups excluding carboxylic acids is 3. The van der Waals surface area contributed by atoms with E-state index in [4.69, 9.17) is 9.47 Å². The van der Waals surface area contributed by atoms with Gasteiger partial charge in [0.1, 0.15) is 11.6 Å². The number of rotatable bonds is 7. The molecule has 0 aromatic heterocycles. The van der Waals surface area contributed by atoms with Gasteiger partial charge in [-0.25, -0.2) is 4.79 Å². The van der Waals surface area contributed by atoms with Crippen molar-refractivity contribution in [1.29, 1.82) is 0 Å². The van der Waals surface area contributed by atoms with E-state index in [1.807, 2.05) is 35.2 Å². The highest BCUT2D eigenvalue weighted by Crippen LogP contribution is 2.22. The summed E-state index contributed by atoms with van der Waals surface area (Å²) in [5, 5.41) is 5.75. The lowest BCUT2D eigenvalue weighted by molar-refractivity contribution is -0.140.